The molecule has 1 aliphatic carbocycles. The molecule has 1 saturated carbocycles. The molecule has 0 aromatic heterocycles. The minimum Gasteiger partial charge on any atom is -0.342 e. The molecule has 2 heterocycles. The molecule has 126 valence electrons. The van der Waals surface area contributed by atoms with Crippen LogP contribution in [0.5, 0.6) is 0 Å². The number of benzene rings is 1. The van der Waals surface area contributed by atoms with Gasteiger partial charge in [0.05, 0.1) is 0 Å². The van der Waals surface area contributed by atoms with E-state index in [1.54, 1.807) is 0 Å². The third-order valence-corrected chi connectivity index (χ3v) is 6.04. The van der Waals surface area contributed by atoms with E-state index in [1.807, 2.05) is 7.05 Å². The van der Waals surface area contributed by atoms with Gasteiger partial charge in [0.15, 0.2) is 0 Å². The maximum Gasteiger partial charge on any atom is 0.226 e. The highest BCUT2D eigenvalue weighted by atomic mass is 35.5. The molecule has 1 aromatic rings. The largest absolute Gasteiger partial charge is 0.342 e. The monoisotopic (exact) mass is 334 g/mol. The van der Waals surface area contributed by atoms with Crippen LogP contribution in [-0.2, 0) is 4.79 Å². The molecule has 3 nitrogen and oxygen atoms in total. The van der Waals surface area contributed by atoms with E-state index in [1.165, 1.54) is 24.0 Å². The van der Waals surface area contributed by atoms with E-state index >= 15 is 0 Å². The second-order valence-corrected chi connectivity index (χ2v) is 7.52. The maximum absolute atomic E-state index is 12.8. The van der Waals surface area contributed by atoms with Crippen LogP contribution in [0.2, 0.25) is 0 Å². The van der Waals surface area contributed by atoms with Gasteiger partial charge in [-0.25, -0.2) is 0 Å². The summed E-state index contributed by atoms with van der Waals surface area (Å²) < 4.78 is 0. The molecule has 3 fully saturated rings. The molecule has 4 heteroatoms. The Morgan fingerprint density at radius 2 is 1.78 bits per heavy atom. The summed E-state index contributed by atoms with van der Waals surface area (Å²) in [5.41, 5.74) is 2.70. The van der Waals surface area contributed by atoms with E-state index in [4.69, 9.17) is 0 Å². The molecule has 3 aliphatic rings. The predicted molar refractivity (Wildman–Crippen MR) is 95.0 cm³/mol. The molecular weight excluding hydrogens is 308 g/mol. The first-order valence-electron chi connectivity index (χ1n) is 8.71. The number of fused-ring (bicyclic) bond motifs is 2. The highest BCUT2D eigenvalue weighted by molar-refractivity contribution is 5.85. The second kappa shape index (κ2) is 6.45. The van der Waals surface area contributed by atoms with Gasteiger partial charge in [0.1, 0.15) is 0 Å². The van der Waals surface area contributed by atoms with Crippen molar-refractivity contribution in [1.29, 1.82) is 0 Å². The topological polar surface area (TPSA) is 32.3 Å². The van der Waals surface area contributed by atoms with Crippen molar-refractivity contribution in [3.8, 4) is 0 Å². The van der Waals surface area contributed by atoms with Crippen molar-refractivity contribution < 1.29 is 4.79 Å². The number of carbonyl (C=O) groups excluding carboxylic acids is 1. The van der Waals surface area contributed by atoms with E-state index in [0.29, 0.717) is 30.0 Å². The van der Waals surface area contributed by atoms with Crippen LogP contribution < -0.4 is 5.32 Å². The van der Waals surface area contributed by atoms with E-state index < -0.39 is 0 Å². The van der Waals surface area contributed by atoms with Crippen molar-refractivity contribution >= 4 is 18.3 Å². The number of amides is 1. The lowest BCUT2D eigenvalue weighted by atomic mass is 9.97. The normalized spacial score (nSPS) is 34.6. The van der Waals surface area contributed by atoms with Crippen molar-refractivity contribution in [3.63, 3.8) is 0 Å². The fourth-order valence-corrected chi connectivity index (χ4v) is 4.60. The van der Waals surface area contributed by atoms with E-state index in [0.717, 1.165) is 19.3 Å². The average molecular weight is 335 g/mol. The van der Waals surface area contributed by atoms with Crippen molar-refractivity contribution in [2.24, 2.45) is 5.92 Å². The van der Waals surface area contributed by atoms with Crippen LogP contribution in [-0.4, -0.2) is 36.0 Å². The Morgan fingerprint density at radius 3 is 2.43 bits per heavy atom. The van der Waals surface area contributed by atoms with E-state index in [9.17, 15) is 4.79 Å². The number of hydrogen-bond acceptors (Lipinski definition) is 2. The number of rotatable bonds is 3. The van der Waals surface area contributed by atoms with Gasteiger partial charge < -0.3 is 10.2 Å². The quantitative estimate of drug-likeness (QED) is 0.920. The fraction of sp³-hybridized carbons (Fsp3) is 0.632. The minimum absolute atomic E-state index is 0. The van der Waals surface area contributed by atoms with Crippen molar-refractivity contribution in [2.75, 3.05) is 7.05 Å². The average Bonchev–Trinajstić information content (AvgIpc) is 3.25. The zero-order chi connectivity index (χ0) is 15.3. The zero-order valence-corrected chi connectivity index (χ0v) is 14.8. The van der Waals surface area contributed by atoms with Crippen LogP contribution in [0.1, 0.15) is 49.1 Å². The smallest absolute Gasteiger partial charge is 0.226 e. The minimum atomic E-state index is 0. The Morgan fingerprint density at radius 1 is 1.13 bits per heavy atom. The van der Waals surface area contributed by atoms with Crippen LogP contribution in [0.4, 0.5) is 0 Å². The first-order valence-corrected chi connectivity index (χ1v) is 8.71. The Hall–Kier alpha value is -1.06. The molecule has 4 unspecified atom stereocenters. The lowest BCUT2D eigenvalue weighted by Gasteiger charge is -2.35. The van der Waals surface area contributed by atoms with Crippen LogP contribution in [0.25, 0.3) is 0 Å². The predicted octanol–water partition coefficient (Wildman–Crippen LogP) is 3.26. The third-order valence-electron chi connectivity index (χ3n) is 6.04. The summed E-state index contributed by atoms with van der Waals surface area (Å²) in [6.07, 6.45) is 5.89. The third kappa shape index (κ3) is 3.14. The van der Waals surface area contributed by atoms with Crippen molar-refractivity contribution in [2.45, 2.75) is 63.1 Å². The first-order chi connectivity index (χ1) is 10.6. The second-order valence-electron chi connectivity index (χ2n) is 7.52. The van der Waals surface area contributed by atoms with E-state index in [-0.39, 0.29) is 18.3 Å². The summed E-state index contributed by atoms with van der Waals surface area (Å²) in [7, 11) is 2.03. The summed E-state index contributed by atoms with van der Waals surface area (Å²) in [6, 6.07) is 10.3. The fourth-order valence-electron chi connectivity index (χ4n) is 4.60. The number of halogens is 1. The van der Waals surface area contributed by atoms with Gasteiger partial charge in [-0.3, -0.25) is 4.79 Å². The Bertz CT molecular complexity index is 578. The van der Waals surface area contributed by atoms with Gasteiger partial charge in [0.2, 0.25) is 5.91 Å². The van der Waals surface area contributed by atoms with Gasteiger partial charge in [0.25, 0.3) is 0 Å². The van der Waals surface area contributed by atoms with Gasteiger partial charge >= 0.3 is 0 Å². The molecule has 23 heavy (non-hydrogen) atoms. The molecule has 1 N–H and O–H groups in total. The molecule has 2 saturated heterocycles. The van der Waals surface area contributed by atoms with Crippen molar-refractivity contribution in [3.05, 3.63) is 35.4 Å². The van der Waals surface area contributed by atoms with Crippen LogP contribution in [0.15, 0.2) is 24.3 Å². The Kier molecular flexibility index (Phi) is 4.70. The molecule has 4 rings (SSSR count). The van der Waals surface area contributed by atoms with Crippen molar-refractivity contribution in [1.82, 2.24) is 10.2 Å². The van der Waals surface area contributed by atoms with Gasteiger partial charge in [-0.2, -0.15) is 0 Å². The highest BCUT2D eigenvalue weighted by Crippen LogP contribution is 2.49. The number of hydrogen-bond donors (Lipinski definition) is 1. The van der Waals surface area contributed by atoms with Crippen LogP contribution >= 0.6 is 12.4 Å². The van der Waals surface area contributed by atoms with E-state index in [2.05, 4.69) is 41.4 Å². The summed E-state index contributed by atoms with van der Waals surface area (Å²) in [5.74, 6) is 1.05. The number of piperidine rings is 1. The van der Waals surface area contributed by atoms with Crippen LogP contribution in [0.3, 0.4) is 0 Å². The van der Waals surface area contributed by atoms with Gasteiger partial charge in [-0.15, -0.1) is 12.4 Å². The summed E-state index contributed by atoms with van der Waals surface area (Å²) in [4.78, 5) is 14.9. The summed E-state index contributed by atoms with van der Waals surface area (Å²) in [5, 5.41) is 3.66. The SMILES string of the molecule is Cc1ccccc1C1CC1C(=O)N(C)C1CC2CCC(C1)N2.Cl. The van der Waals surface area contributed by atoms with Gasteiger partial charge in [0, 0.05) is 31.1 Å². The molecule has 0 spiro atoms. The van der Waals surface area contributed by atoms with Crippen LogP contribution in [0, 0.1) is 12.8 Å². The number of aryl methyl sites for hydroxylation is 1. The lowest BCUT2D eigenvalue weighted by molar-refractivity contribution is -0.134. The molecule has 4 atom stereocenters. The maximum atomic E-state index is 12.8. The van der Waals surface area contributed by atoms with Gasteiger partial charge in [-0.05, 0) is 56.1 Å². The molecule has 1 amide bonds. The summed E-state index contributed by atoms with van der Waals surface area (Å²) in [6.45, 7) is 2.16. The number of nitrogens with one attached hydrogen (secondary N) is 1. The zero-order valence-electron chi connectivity index (χ0n) is 14.0. The lowest BCUT2D eigenvalue weighted by Crippen LogP contribution is -2.49. The number of nitrogens with zero attached hydrogens (tertiary/aromatic N) is 1. The Balaban J connectivity index is 0.00000156. The standard InChI is InChI=1S/C19H26N2O.ClH/c1-12-5-3-4-6-16(12)17-11-18(17)19(22)21(2)15-9-13-7-8-14(10-15)20-13;/h3-6,13-15,17-18,20H,7-11H2,1-2H3;1H. The molecule has 1 aromatic carbocycles. The Labute approximate surface area is 145 Å². The number of carbonyl (C=O) groups is 1. The highest BCUT2D eigenvalue weighted by Gasteiger charge is 2.47. The van der Waals surface area contributed by atoms with Gasteiger partial charge in [-0.1, -0.05) is 24.3 Å². The first kappa shape index (κ1) is 16.8. The molecular formula is C19H27ClN2O. The summed E-state index contributed by atoms with van der Waals surface area (Å²) >= 11 is 0. The molecule has 2 bridgehead atoms. The molecule has 0 radical (unpaired) electrons. The molecule has 2 aliphatic heterocycles.